The van der Waals surface area contributed by atoms with Gasteiger partial charge in [0.05, 0.1) is 0 Å². The lowest BCUT2D eigenvalue weighted by molar-refractivity contribution is 0.288. The quantitative estimate of drug-likeness (QED) is 0.787. The Bertz CT molecular complexity index is 801. The van der Waals surface area contributed by atoms with Crippen LogP contribution in [0.3, 0.4) is 0 Å². The molecule has 0 aliphatic carbocycles. The smallest absolute Gasteiger partial charge is 0.332 e. The van der Waals surface area contributed by atoms with Crippen LogP contribution in [-0.2, 0) is 20.6 Å². The molecule has 114 valence electrons. The van der Waals surface area contributed by atoms with Crippen molar-refractivity contribution >= 4 is 17.1 Å². The predicted octanol–water partition coefficient (Wildman–Crippen LogP) is -0.974. The van der Waals surface area contributed by atoms with Crippen molar-refractivity contribution in [2.24, 2.45) is 14.1 Å². The van der Waals surface area contributed by atoms with E-state index in [0.29, 0.717) is 30.1 Å². The number of rotatable bonds is 3. The fourth-order valence-corrected chi connectivity index (χ4v) is 2.88. The van der Waals surface area contributed by atoms with Crippen LogP contribution in [0.15, 0.2) is 9.59 Å². The van der Waals surface area contributed by atoms with Gasteiger partial charge in [-0.05, 0) is 12.8 Å². The van der Waals surface area contributed by atoms with Crippen molar-refractivity contribution in [3.63, 3.8) is 0 Å². The molecule has 0 bridgehead atoms. The van der Waals surface area contributed by atoms with Crippen molar-refractivity contribution in [2.75, 3.05) is 24.6 Å². The molecule has 8 nitrogen and oxygen atoms in total. The lowest BCUT2D eigenvalue weighted by atomic mass is 10.3. The molecular weight excluding hydrogens is 274 g/mol. The molecule has 0 fully saturated rings. The Hall–Kier alpha value is -2.09. The molecule has 0 unspecified atom stereocenters. The van der Waals surface area contributed by atoms with Gasteiger partial charge in [-0.15, -0.1) is 0 Å². The van der Waals surface area contributed by atoms with Gasteiger partial charge in [-0.3, -0.25) is 13.9 Å². The minimum absolute atomic E-state index is 0.122. The molecule has 0 radical (unpaired) electrons. The first-order chi connectivity index (χ1) is 10.1. The third-order valence-corrected chi connectivity index (χ3v) is 4.01. The molecule has 3 rings (SSSR count). The predicted molar refractivity (Wildman–Crippen MR) is 78.7 cm³/mol. The van der Waals surface area contributed by atoms with Crippen molar-refractivity contribution in [3.8, 4) is 0 Å². The Labute approximate surface area is 120 Å². The van der Waals surface area contributed by atoms with E-state index in [1.165, 1.54) is 11.6 Å². The maximum Gasteiger partial charge on any atom is 0.332 e. The highest BCUT2D eigenvalue weighted by atomic mass is 16.3. The third-order valence-electron chi connectivity index (χ3n) is 4.01. The van der Waals surface area contributed by atoms with Gasteiger partial charge in [0.1, 0.15) is 0 Å². The Kier molecular flexibility index (Phi) is 3.32. The second kappa shape index (κ2) is 5.03. The highest BCUT2D eigenvalue weighted by molar-refractivity contribution is 5.74. The second-order valence-corrected chi connectivity index (χ2v) is 5.36. The van der Waals surface area contributed by atoms with Crippen LogP contribution in [0, 0.1) is 0 Å². The summed E-state index contributed by atoms with van der Waals surface area (Å²) in [6.45, 7) is 2.37. The van der Waals surface area contributed by atoms with Crippen LogP contribution < -0.4 is 16.1 Å². The van der Waals surface area contributed by atoms with E-state index in [9.17, 15) is 9.59 Å². The minimum atomic E-state index is -0.371. The van der Waals surface area contributed by atoms with Crippen LogP contribution in [0.5, 0.6) is 0 Å². The monoisotopic (exact) mass is 293 g/mol. The summed E-state index contributed by atoms with van der Waals surface area (Å²) in [7, 11) is 3.11. The van der Waals surface area contributed by atoms with Crippen LogP contribution in [0.25, 0.3) is 11.2 Å². The van der Waals surface area contributed by atoms with Gasteiger partial charge in [0.2, 0.25) is 5.95 Å². The Balaban J connectivity index is 2.26. The highest BCUT2D eigenvalue weighted by Crippen LogP contribution is 2.24. The maximum absolute atomic E-state index is 12.4. The van der Waals surface area contributed by atoms with E-state index in [0.717, 1.165) is 24.1 Å². The molecule has 8 heteroatoms. The molecule has 21 heavy (non-hydrogen) atoms. The zero-order valence-corrected chi connectivity index (χ0v) is 12.2. The Morgan fingerprint density at radius 2 is 1.95 bits per heavy atom. The SMILES string of the molecule is Cn1c(=O)c2c(nc3n2CCCN3CCCO)n(C)c1=O. The number of aromatic nitrogens is 4. The molecule has 1 aliphatic heterocycles. The topological polar surface area (TPSA) is 85.3 Å². The summed E-state index contributed by atoms with van der Waals surface area (Å²) in [6, 6.07) is 0. The van der Waals surface area contributed by atoms with Crippen LogP contribution in [-0.4, -0.2) is 43.5 Å². The zero-order chi connectivity index (χ0) is 15.1. The normalized spacial score (nSPS) is 14.7. The molecule has 0 aromatic carbocycles. The van der Waals surface area contributed by atoms with Crippen molar-refractivity contribution < 1.29 is 5.11 Å². The summed E-state index contributed by atoms with van der Waals surface area (Å²) in [5, 5.41) is 8.99. The molecule has 3 heterocycles. The van der Waals surface area contributed by atoms with Gasteiger partial charge >= 0.3 is 5.69 Å². The van der Waals surface area contributed by atoms with E-state index in [1.54, 1.807) is 7.05 Å². The largest absolute Gasteiger partial charge is 0.396 e. The van der Waals surface area contributed by atoms with Gasteiger partial charge in [0.25, 0.3) is 5.56 Å². The second-order valence-electron chi connectivity index (χ2n) is 5.36. The van der Waals surface area contributed by atoms with E-state index < -0.39 is 0 Å². The third kappa shape index (κ3) is 1.98. The number of aryl methyl sites for hydroxylation is 2. The van der Waals surface area contributed by atoms with E-state index in [1.807, 2.05) is 4.57 Å². The van der Waals surface area contributed by atoms with Gasteiger partial charge in [-0.1, -0.05) is 0 Å². The van der Waals surface area contributed by atoms with Crippen LogP contribution >= 0.6 is 0 Å². The molecule has 0 saturated carbocycles. The van der Waals surface area contributed by atoms with Gasteiger partial charge in [0, 0.05) is 40.3 Å². The molecule has 0 amide bonds. The first kappa shape index (κ1) is 13.9. The first-order valence-electron chi connectivity index (χ1n) is 7.08. The number of nitrogens with zero attached hydrogens (tertiary/aromatic N) is 5. The van der Waals surface area contributed by atoms with E-state index in [2.05, 4.69) is 9.88 Å². The zero-order valence-electron chi connectivity index (χ0n) is 12.2. The highest BCUT2D eigenvalue weighted by Gasteiger charge is 2.25. The van der Waals surface area contributed by atoms with Gasteiger partial charge < -0.3 is 14.6 Å². The summed E-state index contributed by atoms with van der Waals surface area (Å²) in [4.78, 5) is 31.0. The van der Waals surface area contributed by atoms with E-state index in [4.69, 9.17) is 5.11 Å². The molecule has 1 N–H and O–H groups in total. The van der Waals surface area contributed by atoms with Crippen molar-refractivity contribution in [1.29, 1.82) is 0 Å². The molecule has 0 spiro atoms. The van der Waals surface area contributed by atoms with Crippen molar-refractivity contribution in [2.45, 2.75) is 19.4 Å². The van der Waals surface area contributed by atoms with Crippen molar-refractivity contribution in [3.05, 3.63) is 20.8 Å². The number of aliphatic hydroxyl groups excluding tert-OH is 1. The first-order valence-corrected chi connectivity index (χ1v) is 7.08. The van der Waals surface area contributed by atoms with Gasteiger partial charge in [0.15, 0.2) is 11.2 Å². The fraction of sp³-hybridized carbons (Fsp3) is 0.615. The summed E-state index contributed by atoms with van der Waals surface area (Å²) >= 11 is 0. The summed E-state index contributed by atoms with van der Waals surface area (Å²) in [5.74, 6) is 0.711. The molecule has 1 aliphatic rings. The summed E-state index contributed by atoms with van der Waals surface area (Å²) in [6.07, 6.45) is 1.57. The maximum atomic E-state index is 12.4. The minimum Gasteiger partial charge on any atom is -0.396 e. The number of fused-ring (bicyclic) bond motifs is 3. The van der Waals surface area contributed by atoms with E-state index in [-0.39, 0.29) is 17.9 Å². The molecule has 2 aromatic rings. The standard InChI is InChI=1S/C13H19N5O3/c1-15-10-9(11(20)16(2)13(15)21)18-7-3-5-17(6-4-8-19)12(18)14-10/h19H,3-8H2,1-2H3. The van der Waals surface area contributed by atoms with Crippen molar-refractivity contribution in [1.82, 2.24) is 18.7 Å². The van der Waals surface area contributed by atoms with E-state index >= 15 is 0 Å². The average molecular weight is 293 g/mol. The number of imidazole rings is 1. The number of aliphatic hydroxyl groups is 1. The molecule has 0 atom stereocenters. The Morgan fingerprint density at radius 1 is 1.19 bits per heavy atom. The lowest BCUT2D eigenvalue weighted by Crippen LogP contribution is -2.38. The number of hydrogen-bond acceptors (Lipinski definition) is 5. The molecule has 2 aromatic heterocycles. The lowest BCUT2D eigenvalue weighted by Gasteiger charge is -2.28. The van der Waals surface area contributed by atoms with Crippen LogP contribution in [0.1, 0.15) is 12.8 Å². The number of hydrogen-bond donors (Lipinski definition) is 1. The summed E-state index contributed by atoms with van der Waals surface area (Å²) in [5.41, 5.74) is 0.220. The summed E-state index contributed by atoms with van der Waals surface area (Å²) < 4.78 is 4.41. The average Bonchev–Trinajstić information content (AvgIpc) is 2.89. The number of anilines is 1. The van der Waals surface area contributed by atoms with Gasteiger partial charge in [-0.25, -0.2) is 4.79 Å². The fourth-order valence-electron chi connectivity index (χ4n) is 2.88. The van der Waals surface area contributed by atoms with Gasteiger partial charge in [-0.2, -0.15) is 4.98 Å². The van der Waals surface area contributed by atoms with Crippen LogP contribution in [0.4, 0.5) is 5.95 Å². The van der Waals surface area contributed by atoms with Crippen LogP contribution in [0.2, 0.25) is 0 Å². The molecule has 0 saturated heterocycles. The molecular formula is C13H19N5O3. The Morgan fingerprint density at radius 3 is 2.67 bits per heavy atom.